The number of halogens is 1. The predicted molar refractivity (Wildman–Crippen MR) is 58.9 cm³/mol. The maximum absolute atomic E-state index is 11.3. The lowest BCUT2D eigenvalue weighted by molar-refractivity contribution is 0.0589. The SMILES string of the molecule is COC(=O)c1ccc(CCCBr)n1C. The van der Waals surface area contributed by atoms with E-state index in [1.807, 2.05) is 17.7 Å². The second-order valence-corrected chi connectivity index (χ2v) is 3.85. The third-order valence-corrected chi connectivity index (χ3v) is 2.75. The molecule has 4 heteroatoms. The maximum Gasteiger partial charge on any atom is 0.354 e. The Labute approximate surface area is 92.2 Å². The number of nitrogens with zero attached hydrogens (tertiary/aromatic N) is 1. The fraction of sp³-hybridized carbons (Fsp3) is 0.500. The lowest BCUT2D eigenvalue weighted by Crippen LogP contribution is -2.09. The molecule has 0 aliphatic rings. The molecule has 14 heavy (non-hydrogen) atoms. The first kappa shape index (κ1) is 11.3. The molecular weight excluding hydrogens is 246 g/mol. The van der Waals surface area contributed by atoms with Gasteiger partial charge in [0.25, 0.3) is 0 Å². The number of hydrogen-bond acceptors (Lipinski definition) is 2. The molecule has 0 saturated carbocycles. The van der Waals surface area contributed by atoms with Crippen LogP contribution in [0.4, 0.5) is 0 Å². The molecule has 0 amide bonds. The molecule has 0 unspecified atom stereocenters. The minimum atomic E-state index is -0.280. The van der Waals surface area contributed by atoms with Crippen LogP contribution < -0.4 is 0 Å². The van der Waals surface area contributed by atoms with Crippen LogP contribution in [-0.4, -0.2) is 23.0 Å². The van der Waals surface area contributed by atoms with E-state index in [-0.39, 0.29) is 5.97 Å². The summed E-state index contributed by atoms with van der Waals surface area (Å²) in [6.07, 6.45) is 2.04. The van der Waals surface area contributed by atoms with Gasteiger partial charge in [0, 0.05) is 18.1 Å². The number of aryl methyl sites for hydroxylation is 1. The summed E-state index contributed by atoms with van der Waals surface area (Å²) < 4.78 is 6.55. The zero-order chi connectivity index (χ0) is 10.6. The van der Waals surface area contributed by atoms with E-state index in [2.05, 4.69) is 20.7 Å². The first-order valence-electron chi connectivity index (χ1n) is 4.49. The Balaban J connectivity index is 2.80. The highest BCUT2D eigenvalue weighted by atomic mass is 79.9. The summed E-state index contributed by atoms with van der Waals surface area (Å²) in [5.74, 6) is -0.280. The number of carbonyl (C=O) groups is 1. The van der Waals surface area contributed by atoms with Crippen molar-refractivity contribution in [3.8, 4) is 0 Å². The third kappa shape index (κ3) is 2.38. The van der Waals surface area contributed by atoms with Gasteiger partial charge in [0.1, 0.15) is 5.69 Å². The van der Waals surface area contributed by atoms with E-state index in [0.29, 0.717) is 5.69 Å². The summed E-state index contributed by atoms with van der Waals surface area (Å²) in [4.78, 5) is 11.3. The van der Waals surface area contributed by atoms with Crippen molar-refractivity contribution >= 4 is 21.9 Å². The van der Waals surface area contributed by atoms with E-state index in [0.717, 1.165) is 23.9 Å². The van der Waals surface area contributed by atoms with Crippen LogP contribution in [0.3, 0.4) is 0 Å². The molecule has 0 aliphatic heterocycles. The summed E-state index contributed by atoms with van der Waals surface area (Å²) in [7, 11) is 3.28. The summed E-state index contributed by atoms with van der Waals surface area (Å²) in [5.41, 5.74) is 1.77. The molecule has 1 rings (SSSR count). The van der Waals surface area contributed by atoms with Gasteiger partial charge in [-0.1, -0.05) is 15.9 Å². The Kier molecular flexibility index (Phi) is 4.20. The van der Waals surface area contributed by atoms with Crippen LogP contribution >= 0.6 is 15.9 Å². The van der Waals surface area contributed by atoms with Gasteiger partial charge in [0.2, 0.25) is 0 Å². The average Bonchev–Trinajstić information content (AvgIpc) is 2.56. The van der Waals surface area contributed by atoms with Crippen molar-refractivity contribution in [3.63, 3.8) is 0 Å². The van der Waals surface area contributed by atoms with Gasteiger partial charge in [-0.2, -0.15) is 0 Å². The molecule has 0 N–H and O–H groups in total. The van der Waals surface area contributed by atoms with Gasteiger partial charge in [-0.05, 0) is 25.0 Å². The number of hydrogen-bond donors (Lipinski definition) is 0. The number of methoxy groups -OCH3 is 1. The highest BCUT2D eigenvalue weighted by Gasteiger charge is 2.11. The predicted octanol–water partition coefficient (Wildman–Crippen LogP) is 2.14. The van der Waals surface area contributed by atoms with E-state index >= 15 is 0 Å². The van der Waals surface area contributed by atoms with Crippen LogP contribution in [0, 0.1) is 0 Å². The van der Waals surface area contributed by atoms with Gasteiger partial charge >= 0.3 is 5.97 Å². The molecule has 0 spiro atoms. The van der Waals surface area contributed by atoms with Crippen LogP contribution in [0.25, 0.3) is 0 Å². The second-order valence-electron chi connectivity index (χ2n) is 3.05. The average molecular weight is 260 g/mol. The minimum absolute atomic E-state index is 0.280. The number of aromatic nitrogens is 1. The van der Waals surface area contributed by atoms with Gasteiger partial charge < -0.3 is 9.30 Å². The molecule has 1 heterocycles. The van der Waals surface area contributed by atoms with Crippen molar-refractivity contribution < 1.29 is 9.53 Å². The zero-order valence-electron chi connectivity index (χ0n) is 8.42. The number of esters is 1. The lowest BCUT2D eigenvalue weighted by atomic mass is 10.2. The number of carbonyl (C=O) groups excluding carboxylic acids is 1. The summed E-state index contributed by atoms with van der Waals surface area (Å²) >= 11 is 3.38. The molecule has 0 aromatic carbocycles. The summed E-state index contributed by atoms with van der Waals surface area (Å²) in [6, 6.07) is 3.77. The second kappa shape index (κ2) is 5.20. The van der Waals surface area contributed by atoms with E-state index in [1.54, 1.807) is 6.07 Å². The van der Waals surface area contributed by atoms with E-state index < -0.39 is 0 Å². The number of rotatable bonds is 4. The van der Waals surface area contributed by atoms with Gasteiger partial charge in [0.05, 0.1) is 7.11 Å². The Morgan fingerprint density at radius 3 is 2.86 bits per heavy atom. The minimum Gasteiger partial charge on any atom is -0.464 e. The molecule has 78 valence electrons. The number of ether oxygens (including phenoxy) is 1. The van der Waals surface area contributed by atoms with Crippen molar-refractivity contribution in [2.24, 2.45) is 7.05 Å². The molecule has 0 atom stereocenters. The first-order chi connectivity index (χ1) is 6.70. The first-order valence-corrected chi connectivity index (χ1v) is 5.61. The molecule has 1 aromatic rings. The summed E-state index contributed by atoms with van der Waals surface area (Å²) in [6.45, 7) is 0. The molecule has 0 fully saturated rings. The lowest BCUT2D eigenvalue weighted by Gasteiger charge is -2.05. The van der Waals surface area contributed by atoms with Gasteiger partial charge in [-0.3, -0.25) is 0 Å². The maximum atomic E-state index is 11.3. The Bertz CT molecular complexity index is 320. The summed E-state index contributed by atoms with van der Waals surface area (Å²) in [5, 5.41) is 0.978. The highest BCUT2D eigenvalue weighted by Crippen LogP contribution is 2.10. The molecule has 0 aliphatic carbocycles. The van der Waals surface area contributed by atoms with Crippen molar-refractivity contribution in [3.05, 3.63) is 23.5 Å². The fourth-order valence-electron chi connectivity index (χ4n) is 1.36. The van der Waals surface area contributed by atoms with Crippen molar-refractivity contribution in [2.45, 2.75) is 12.8 Å². The fourth-order valence-corrected chi connectivity index (χ4v) is 1.64. The van der Waals surface area contributed by atoms with Crippen LogP contribution in [0.15, 0.2) is 12.1 Å². The van der Waals surface area contributed by atoms with Gasteiger partial charge in [0.15, 0.2) is 0 Å². The zero-order valence-corrected chi connectivity index (χ0v) is 10.0. The quantitative estimate of drug-likeness (QED) is 0.613. The molecule has 1 aromatic heterocycles. The van der Waals surface area contributed by atoms with Crippen LogP contribution in [-0.2, 0) is 18.2 Å². The Morgan fingerprint density at radius 1 is 1.57 bits per heavy atom. The number of alkyl halides is 1. The van der Waals surface area contributed by atoms with Crippen molar-refractivity contribution in [1.29, 1.82) is 0 Å². The van der Waals surface area contributed by atoms with E-state index in [9.17, 15) is 4.79 Å². The smallest absolute Gasteiger partial charge is 0.354 e. The van der Waals surface area contributed by atoms with Crippen molar-refractivity contribution in [1.82, 2.24) is 4.57 Å². The third-order valence-electron chi connectivity index (χ3n) is 2.19. The Morgan fingerprint density at radius 2 is 2.29 bits per heavy atom. The standard InChI is InChI=1S/C10H14BrNO2/c1-12-8(4-3-7-11)5-6-9(12)10(13)14-2/h5-6H,3-4,7H2,1-2H3. The Hall–Kier alpha value is -0.770. The molecule has 3 nitrogen and oxygen atoms in total. The normalized spacial score (nSPS) is 10.2. The molecule has 0 saturated heterocycles. The van der Waals surface area contributed by atoms with Crippen LogP contribution in [0.2, 0.25) is 0 Å². The molecule has 0 bridgehead atoms. The molecule has 0 radical (unpaired) electrons. The van der Waals surface area contributed by atoms with E-state index in [4.69, 9.17) is 0 Å². The van der Waals surface area contributed by atoms with Crippen LogP contribution in [0.5, 0.6) is 0 Å². The topological polar surface area (TPSA) is 31.2 Å². The largest absolute Gasteiger partial charge is 0.464 e. The molecular formula is C10H14BrNO2. The van der Waals surface area contributed by atoms with Gasteiger partial charge in [-0.25, -0.2) is 4.79 Å². The monoisotopic (exact) mass is 259 g/mol. The van der Waals surface area contributed by atoms with Crippen molar-refractivity contribution in [2.75, 3.05) is 12.4 Å². The van der Waals surface area contributed by atoms with Gasteiger partial charge in [-0.15, -0.1) is 0 Å². The van der Waals surface area contributed by atoms with E-state index in [1.165, 1.54) is 7.11 Å². The highest BCUT2D eigenvalue weighted by molar-refractivity contribution is 9.09. The van der Waals surface area contributed by atoms with Crippen LogP contribution in [0.1, 0.15) is 22.6 Å².